The molecule has 2 aromatic rings. The third kappa shape index (κ3) is 5.12. The van der Waals surface area contributed by atoms with Crippen LogP contribution in [0.25, 0.3) is 0 Å². The number of nitrogens with zero attached hydrogens (tertiary/aromatic N) is 1. The van der Waals surface area contributed by atoms with Crippen LogP contribution in [0, 0.1) is 11.7 Å². The van der Waals surface area contributed by atoms with Crippen molar-refractivity contribution in [2.75, 3.05) is 32.9 Å². The average Bonchev–Trinajstić information content (AvgIpc) is 3.57. The maximum absolute atomic E-state index is 13.8. The molecule has 2 aromatic carbocycles. The lowest BCUT2D eigenvalue weighted by atomic mass is 9.77. The van der Waals surface area contributed by atoms with Gasteiger partial charge in [-0.05, 0) is 42.7 Å². The van der Waals surface area contributed by atoms with E-state index in [9.17, 15) is 24.2 Å². The van der Waals surface area contributed by atoms with Crippen LogP contribution in [0.15, 0.2) is 60.2 Å². The summed E-state index contributed by atoms with van der Waals surface area (Å²) in [6.45, 7) is 0.846. The number of hydrogen-bond donors (Lipinski definition) is 3. The summed E-state index contributed by atoms with van der Waals surface area (Å²) in [5.41, 5.74) is 1.89. The Morgan fingerprint density at radius 1 is 1.16 bits per heavy atom. The molecule has 5 atom stereocenters. The molecule has 0 radical (unpaired) electrons. The molecule has 0 aromatic heterocycles. The van der Waals surface area contributed by atoms with Gasteiger partial charge in [-0.2, -0.15) is 0 Å². The van der Waals surface area contributed by atoms with E-state index in [-0.39, 0.29) is 43.2 Å². The lowest BCUT2D eigenvalue weighted by Gasteiger charge is -2.41. The van der Waals surface area contributed by atoms with Crippen molar-refractivity contribution >= 4 is 11.8 Å². The fourth-order valence-corrected chi connectivity index (χ4v) is 5.50. The summed E-state index contributed by atoms with van der Waals surface area (Å²) in [7, 11) is 0. The van der Waals surface area contributed by atoms with E-state index in [0.717, 1.165) is 11.1 Å². The van der Waals surface area contributed by atoms with Gasteiger partial charge >= 0.3 is 0 Å². The van der Waals surface area contributed by atoms with E-state index in [1.54, 1.807) is 29.2 Å². The molecule has 8 nitrogen and oxygen atoms in total. The number of ether oxygens (including phenoxy) is 2. The van der Waals surface area contributed by atoms with Crippen molar-refractivity contribution in [2.45, 2.75) is 37.0 Å². The van der Waals surface area contributed by atoms with Crippen LogP contribution in [0.2, 0.25) is 0 Å². The third-order valence-electron chi connectivity index (χ3n) is 7.33. The van der Waals surface area contributed by atoms with Crippen molar-refractivity contribution in [3.63, 3.8) is 0 Å². The molecule has 5 unspecified atom stereocenters. The zero-order valence-corrected chi connectivity index (χ0v) is 20.4. The van der Waals surface area contributed by atoms with Crippen molar-refractivity contribution in [3.05, 3.63) is 77.1 Å². The molecule has 37 heavy (non-hydrogen) atoms. The maximum Gasteiger partial charge on any atom is 0.247 e. The Morgan fingerprint density at radius 2 is 2.00 bits per heavy atom. The summed E-state index contributed by atoms with van der Waals surface area (Å²) < 4.78 is 25.4. The molecular formula is C28H31FN2O6. The van der Waals surface area contributed by atoms with Gasteiger partial charge in [-0.15, -0.1) is 0 Å². The number of aliphatic hydroxyl groups excluding tert-OH is 2. The van der Waals surface area contributed by atoms with E-state index in [4.69, 9.17) is 9.47 Å². The van der Waals surface area contributed by atoms with E-state index >= 15 is 0 Å². The van der Waals surface area contributed by atoms with Gasteiger partial charge in [0.15, 0.2) is 0 Å². The van der Waals surface area contributed by atoms with Gasteiger partial charge in [0.2, 0.25) is 11.8 Å². The molecule has 0 bridgehead atoms. The molecule has 196 valence electrons. The Hall–Kier alpha value is -3.27. The van der Waals surface area contributed by atoms with Crippen LogP contribution in [-0.4, -0.2) is 78.1 Å². The van der Waals surface area contributed by atoms with E-state index in [0.29, 0.717) is 37.4 Å². The van der Waals surface area contributed by atoms with Gasteiger partial charge in [0.25, 0.3) is 0 Å². The fraction of sp³-hybridized carbons (Fsp3) is 0.429. The second-order valence-corrected chi connectivity index (χ2v) is 9.65. The number of fused-ring (bicyclic) bond motifs is 3. The summed E-state index contributed by atoms with van der Waals surface area (Å²) in [6.07, 6.45) is 0.718. The van der Waals surface area contributed by atoms with Gasteiger partial charge in [0.1, 0.15) is 23.8 Å². The topological polar surface area (TPSA) is 108 Å². The highest BCUT2D eigenvalue weighted by molar-refractivity contribution is 5.96. The average molecular weight is 511 g/mol. The van der Waals surface area contributed by atoms with Crippen LogP contribution < -0.4 is 10.1 Å². The maximum atomic E-state index is 13.8. The first-order chi connectivity index (χ1) is 18.0. The number of para-hydroxylation sites is 1. The number of benzene rings is 2. The second kappa shape index (κ2) is 11.0. The van der Waals surface area contributed by atoms with Crippen molar-refractivity contribution in [1.82, 2.24) is 10.2 Å². The zero-order valence-electron chi connectivity index (χ0n) is 20.4. The number of halogens is 1. The lowest BCUT2D eigenvalue weighted by Crippen LogP contribution is -2.57. The number of carbonyl (C=O) groups excluding carboxylic acids is 2. The zero-order chi connectivity index (χ0) is 25.9. The van der Waals surface area contributed by atoms with Crippen LogP contribution in [0.3, 0.4) is 0 Å². The molecule has 3 N–H and O–H groups in total. The quantitative estimate of drug-likeness (QED) is 0.498. The molecule has 2 aliphatic heterocycles. The highest BCUT2D eigenvalue weighted by Crippen LogP contribution is 2.47. The van der Waals surface area contributed by atoms with Gasteiger partial charge < -0.3 is 29.9 Å². The molecule has 1 aliphatic carbocycles. The molecule has 5 rings (SSSR count). The molecule has 1 saturated heterocycles. The van der Waals surface area contributed by atoms with Gasteiger partial charge in [-0.1, -0.05) is 30.3 Å². The molecule has 0 spiro atoms. The number of amides is 2. The van der Waals surface area contributed by atoms with Crippen LogP contribution in [0.1, 0.15) is 23.5 Å². The van der Waals surface area contributed by atoms with Crippen LogP contribution in [-0.2, 0) is 20.7 Å². The normalized spacial score (nSPS) is 26.0. The van der Waals surface area contributed by atoms with E-state index in [1.807, 2.05) is 18.2 Å². The van der Waals surface area contributed by atoms with Crippen molar-refractivity contribution in [1.29, 1.82) is 0 Å². The van der Waals surface area contributed by atoms with Gasteiger partial charge in [0, 0.05) is 30.8 Å². The predicted molar refractivity (Wildman–Crippen MR) is 132 cm³/mol. The minimum Gasteiger partial charge on any atom is -0.486 e. The van der Waals surface area contributed by atoms with Crippen molar-refractivity contribution < 1.29 is 33.7 Å². The van der Waals surface area contributed by atoms with Crippen molar-refractivity contribution in [3.8, 4) is 5.75 Å². The Labute approximate surface area is 214 Å². The third-order valence-corrected chi connectivity index (χ3v) is 7.33. The molecule has 9 heteroatoms. The number of nitrogens with one attached hydrogen (secondary N) is 1. The molecule has 2 amide bonds. The summed E-state index contributed by atoms with van der Waals surface area (Å²) in [5, 5.41) is 23.5. The van der Waals surface area contributed by atoms with Gasteiger partial charge in [-0.25, -0.2) is 4.39 Å². The Morgan fingerprint density at radius 3 is 2.76 bits per heavy atom. The molecular weight excluding hydrogens is 479 g/mol. The lowest BCUT2D eigenvalue weighted by molar-refractivity contribution is -0.141. The summed E-state index contributed by atoms with van der Waals surface area (Å²) in [6, 6.07) is 12.7. The summed E-state index contributed by atoms with van der Waals surface area (Å²) >= 11 is 0. The summed E-state index contributed by atoms with van der Waals surface area (Å²) in [5.74, 6) is -1.23. The van der Waals surface area contributed by atoms with E-state index in [1.165, 1.54) is 12.1 Å². The van der Waals surface area contributed by atoms with Crippen molar-refractivity contribution in [2.24, 2.45) is 5.92 Å². The largest absolute Gasteiger partial charge is 0.486 e. The van der Waals surface area contributed by atoms with Crippen LogP contribution in [0.4, 0.5) is 4.39 Å². The Kier molecular flexibility index (Phi) is 7.55. The molecule has 3 aliphatic rings. The fourth-order valence-electron chi connectivity index (χ4n) is 5.50. The van der Waals surface area contributed by atoms with Gasteiger partial charge in [0.05, 0.1) is 31.1 Å². The number of rotatable bonds is 8. The Balaban J connectivity index is 1.51. The standard InChI is InChI=1S/C28H31FN2O6/c29-19-5-3-4-17(14-19)8-11-31(28(35)18-9-13-36-16-18)22-15-21(27(34)30-10-12-32)24-20-6-1-2-7-23(20)37-26(24)25(22)33/h1-7,14-15,18,22,24-26,32-33H,8-13,16H2,(H,30,34). The van der Waals surface area contributed by atoms with Gasteiger partial charge in [-0.3, -0.25) is 9.59 Å². The number of hydrogen-bond acceptors (Lipinski definition) is 6. The van der Waals surface area contributed by atoms with E-state index < -0.39 is 24.2 Å². The Bertz CT molecular complexity index is 1180. The van der Waals surface area contributed by atoms with Crippen LogP contribution in [0.5, 0.6) is 5.75 Å². The highest BCUT2D eigenvalue weighted by Gasteiger charge is 2.50. The number of aliphatic hydroxyl groups is 2. The van der Waals surface area contributed by atoms with E-state index in [2.05, 4.69) is 5.32 Å². The minimum atomic E-state index is -1.11. The second-order valence-electron chi connectivity index (χ2n) is 9.65. The SMILES string of the molecule is O=C(NCCO)C1=CC(N(CCc2cccc(F)c2)C(=O)C2CCOC2)C(O)C2Oc3ccccc3C12. The minimum absolute atomic E-state index is 0.0743. The first-order valence-corrected chi connectivity index (χ1v) is 12.6. The molecule has 0 saturated carbocycles. The number of carbonyl (C=O) groups is 2. The first-order valence-electron chi connectivity index (χ1n) is 12.6. The highest BCUT2D eigenvalue weighted by atomic mass is 19.1. The van der Waals surface area contributed by atoms with Crippen LogP contribution >= 0.6 is 0 Å². The monoisotopic (exact) mass is 510 g/mol. The predicted octanol–water partition coefficient (Wildman–Crippen LogP) is 1.56. The molecule has 2 heterocycles. The summed E-state index contributed by atoms with van der Waals surface area (Å²) in [4.78, 5) is 28.5. The first kappa shape index (κ1) is 25.4. The molecule has 1 fully saturated rings. The smallest absolute Gasteiger partial charge is 0.247 e.